The number of halogens is 1. The van der Waals surface area contributed by atoms with E-state index < -0.39 is 23.4 Å². The van der Waals surface area contributed by atoms with Crippen LogP contribution in [0, 0.1) is 0 Å². The van der Waals surface area contributed by atoms with Crippen molar-refractivity contribution in [1.82, 2.24) is 14.9 Å². The Hall–Kier alpha value is -2.03. The number of nitrogens with zero attached hydrogens (tertiary/aromatic N) is 4. The van der Waals surface area contributed by atoms with Gasteiger partial charge >= 0.3 is 12.2 Å². The quantitative estimate of drug-likeness (QED) is 0.634. The minimum absolute atomic E-state index is 0.270. The van der Waals surface area contributed by atoms with Crippen LogP contribution in [0.3, 0.4) is 0 Å². The van der Waals surface area contributed by atoms with Gasteiger partial charge in [-0.15, -0.1) is 0 Å². The molecule has 0 spiro atoms. The number of carbonyl (C=O) groups excluding carboxylic acids is 2. The molecule has 1 fully saturated rings. The van der Waals surface area contributed by atoms with Crippen molar-refractivity contribution in [2.45, 2.75) is 52.7 Å². The van der Waals surface area contributed by atoms with Crippen LogP contribution < -0.4 is 5.01 Å². The van der Waals surface area contributed by atoms with Gasteiger partial charge in [0.2, 0.25) is 0 Å². The van der Waals surface area contributed by atoms with Gasteiger partial charge in [0.25, 0.3) is 0 Å². The van der Waals surface area contributed by atoms with Crippen molar-refractivity contribution in [1.29, 1.82) is 0 Å². The zero-order valence-corrected chi connectivity index (χ0v) is 18.9. The van der Waals surface area contributed by atoms with E-state index in [1.807, 2.05) is 53.7 Å². The van der Waals surface area contributed by atoms with Crippen LogP contribution in [0.5, 0.6) is 0 Å². The van der Waals surface area contributed by atoms with E-state index in [9.17, 15) is 9.59 Å². The van der Waals surface area contributed by atoms with E-state index in [1.54, 1.807) is 16.1 Å². The summed E-state index contributed by atoms with van der Waals surface area (Å²) in [4.78, 5) is 31.3. The Balaban J connectivity index is 2.24. The molecule has 28 heavy (non-hydrogen) atoms. The van der Waals surface area contributed by atoms with Crippen LogP contribution in [0.15, 0.2) is 22.8 Å². The van der Waals surface area contributed by atoms with E-state index in [0.29, 0.717) is 25.5 Å². The van der Waals surface area contributed by atoms with Gasteiger partial charge in [0.1, 0.15) is 17.0 Å². The van der Waals surface area contributed by atoms with E-state index in [4.69, 9.17) is 9.47 Å². The lowest BCUT2D eigenvalue weighted by atomic mass is 10.2. The smallest absolute Gasteiger partial charge is 0.429 e. The van der Waals surface area contributed by atoms with Crippen LogP contribution in [-0.4, -0.2) is 64.5 Å². The summed E-state index contributed by atoms with van der Waals surface area (Å²) in [6.45, 7) is 12.3. The van der Waals surface area contributed by atoms with Crippen LogP contribution in [0.4, 0.5) is 15.4 Å². The van der Waals surface area contributed by atoms with Gasteiger partial charge in [-0.3, -0.25) is 5.01 Å². The Labute approximate surface area is 174 Å². The van der Waals surface area contributed by atoms with Crippen molar-refractivity contribution >= 4 is 33.9 Å². The molecule has 0 N–H and O–H groups in total. The number of hydrazine groups is 1. The lowest BCUT2D eigenvalue weighted by Crippen LogP contribution is -2.49. The fourth-order valence-electron chi connectivity index (χ4n) is 2.56. The molecule has 1 aliphatic heterocycles. The van der Waals surface area contributed by atoms with Gasteiger partial charge in [0.15, 0.2) is 0 Å². The lowest BCUT2D eigenvalue weighted by molar-refractivity contribution is 0.0185. The number of amides is 2. The Morgan fingerprint density at radius 1 is 0.929 bits per heavy atom. The third-order valence-electron chi connectivity index (χ3n) is 3.69. The summed E-state index contributed by atoms with van der Waals surface area (Å²) < 4.78 is 11.9. The second-order valence-corrected chi connectivity index (χ2v) is 9.44. The molecule has 156 valence electrons. The van der Waals surface area contributed by atoms with E-state index in [0.717, 1.165) is 4.47 Å². The van der Waals surface area contributed by atoms with E-state index in [-0.39, 0.29) is 6.54 Å². The molecule has 0 atom stereocenters. The molecule has 0 bridgehead atoms. The Kier molecular flexibility index (Phi) is 6.80. The number of carbonyl (C=O) groups is 2. The molecule has 1 aromatic rings. The normalized spacial score (nSPS) is 15.9. The first-order valence-electron chi connectivity index (χ1n) is 9.23. The average Bonchev–Trinajstić information content (AvgIpc) is 2.75. The molecule has 2 heterocycles. The van der Waals surface area contributed by atoms with Gasteiger partial charge in [-0.05, 0) is 69.6 Å². The zero-order valence-electron chi connectivity index (χ0n) is 17.4. The summed E-state index contributed by atoms with van der Waals surface area (Å²) >= 11 is 3.37. The molecule has 0 radical (unpaired) electrons. The lowest BCUT2D eigenvalue weighted by Gasteiger charge is -2.34. The highest BCUT2D eigenvalue weighted by Crippen LogP contribution is 2.21. The van der Waals surface area contributed by atoms with E-state index >= 15 is 0 Å². The molecule has 1 saturated heterocycles. The highest BCUT2D eigenvalue weighted by atomic mass is 79.9. The summed E-state index contributed by atoms with van der Waals surface area (Å²) in [6.07, 6.45) is 0.782. The van der Waals surface area contributed by atoms with Crippen molar-refractivity contribution in [2.75, 3.05) is 31.2 Å². The summed E-state index contributed by atoms with van der Waals surface area (Å²) in [5.74, 6) is 0.597. The van der Waals surface area contributed by atoms with E-state index in [1.165, 1.54) is 5.01 Å². The van der Waals surface area contributed by atoms with Gasteiger partial charge in [-0.2, -0.15) is 0 Å². The maximum absolute atomic E-state index is 12.8. The largest absolute Gasteiger partial charge is 0.444 e. The molecule has 1 aromatic heterocycles. The molecule has 8 nitrogen and oxygen atoms in total. The molecular weight excluding hydrogens is 428 g/mol. The number of ether oxygens (including phenoxy) is 2. The van der Waals surface area contributed by atoms with Crippen LogP contribution in [-0.2, 0) is 9.47 Å². The van der Waals surface area contributed by atoms with Crippen LogP contribution in [0.25, 0.3) is 0 Å². The maximum Gasteiger partial charge on any atom is 0.429 e. The van der Waals surface area contributed by atoms with Crippen molar-refractivity contribution in [2.24, 2.45) is 0 Å². The molecule has 0 aliphatic carbocycles. The standard InChI is InChI=1S/C19H29BrN4O4/c1-18(2,3)27-16(25)22-9-11-23(15-8-7-14(20)13-21-15)24(12-10-22)17(26)28-19(4,5)6/h7-8,13H,9-12H2,1-6H3. The summed E-state index contributed by atoms with van der Waals surface area (Å²) in [5, 5.41) is 3.23. The molecule has 2 rings (SSSR count). The molecule has 1 aliphatic rings. The fourth-order valence-corrected chi connectivity index (χ4v) is 2.79. The van der Waals surface area contributed by atoms with Crippen LogP contribution in [0.2, 0.25) is 0 Å². The highest BCUT2D eigenvalue weighted by molar-refractivity contribution is 9.10. The van der Waals surface area contributed by atoms with Gasteiger partial charge in [0.05, 0.1) is 13.1 Å². The first-order chi connectivity index (χ1) is 12.9. The number of pyridine rings is 1. The van der Waals surface area contributed by atoms with Crippen molar-refractivity contribution in [3.63, 3.8) is 0 Å². The molecule has 9 heteroatoms. The van der Waals surface area contributed by atoms with Gasteiger partial charge in [0, 0.05) is 23.8 Å². The van der Waals surface area contributed by atoms with Crippen LogP contribution in [0.1, 0.15) is 41.5 Å². The third-order valence-corrected chi connectivity index (χ3v) is 4.16. The van der Waals surface area contributed by atoms with Gasteiger partial charge in [-0.1, -0.05) is 0 Å². The predicted molar refractivity (Wildman–Crippen MR) is 110 cm³/mol. The molecule has 0 unspecified atom stereocenters. The summed E-state index contributed by atoms with van der Waals surface area (Å²) in [5.41, 5.74) is -1.21. The minimum atomic E-state index is -0.632. The number of rotatable bonds is 1. The third kappa shape index (κ3) is 6.54. The topological polar surface area (TPSA) is 75.2 Å². The monoisotopic (exact) mass is 456 g/mol. The highest BCUT2D eigenvalue weighted by Gasteiger charge is 2.33. The molecule has 2 amide bonds. The average molecular weight is 457 g/mol. The Morgan fingerprint density at radius 2 is 1.50 bits per heavy atom. The molecule has 0 saturated carbocycles. The first kappa shape index (κ1) is 22.3. The minimum Gasteiger partial charge on any atom is -0.444 e. The molecule has 0 aromatic carbocycles. The Morgan fingerprint density at radius 3 is 2.04 bits per heavy atom. The van der Waals surface area contributed by atoms with Gasteiger partial charge in [-0.25, -0.2) is 19.6 Å². The SMILES string of the molecule is CC(C)(C)OC(=O)N1CCN(C(=O)OC(C)(C)C)N(c2ccc(Br)cn2)CC1. The second kappa shape index (κ2) is 8.55. The number of anilines is 1. The fraction of sp³-hybridized carbons (Fsp3) is 0.632. The second-order valence-electron chi connectivity index (χ2n) is 8.53. The first-order valence-corrected chi connectivity index (χ1v) is 10.0. The number of hydrogen-bond donors (Lipinski definition) is 0. The van der Waals surface area contributed by atoms with Gasteiger partial charge < -0.3 is 14.4 Å². The van der Waals surface area contributed by atoms with E-state index in [2.05, 4.69) is 20.9 Å². The summed E-state index contributed by atoms with van der Waals surface area (Å²) in [6, 6.07) is 3.66. The number of aromatic nitrogens is 1. The maximum atomic E-state index is 12.8. The van der Waals surface area contributed by atoms with Crippen molar-refractivity contribution in [3.8, 4) is 0 Å². The Bertz CT molecular complexity index is 697. The van der Waals surface area contributed by atoms with Crippen molar-refractivity contribution in [3.05, 3.63) is 22.8 Å². The summed E-state index contributed by atoms with van der Waals surface area (Å²) in [7, 11) is 0. The number of hydrogen-bond acceptors (Lipinski definition) is 6. The zero-order chi connectivity index (χ0) is 21.1. The predicted octanol–water partition coefficient (Wildman–Crippen LogP) is 4.05. The molecular formula is C19H29BrN4O4. The van der Waals surface area contributed by atoms with Crippen molar-refractivity contribution < 1.29 is 19.1 Å². The van der Waals surface area contributed by atoms with Crippen LogP contribution >= 0.6 is 15.9 Å².